The molecule has 2 aromatic carbocycles. The largest absolute Gasteiger partial charge is 0.494 e. The van der Waals surface area contributed by atoms with Crippen LogP contribution in [-0.4, -0.2) is 23.9 Å². The van der Waals surface area contributed by atoms with E-state index in [0.29, 0.717) is 28.3 Å². The van der Waals surface area contributed by atoms with Crippen LogP contribution in [0.15, 0.2) is 67.0 Å². The number of halogens is 1. The number of carbonyl (C=O) groups is 2. The third-order valence-corrected chi connectivity index (χ3v) is 4.06. The normalized spacial score (nSPS) is 10.1. The maximum Gasteiger partial charge on any atom is 0.257 e. The van der Waals surface area contributed by atoms with Crippen molar-refractivity contribution in [3.63, 3.8) is 0 Å². The minimum Gasteiger partial charge on any atom is -0.494 e. The van der Waals surface area contributed by atoms with Crippen molar-refractivity contribution in [3.8, 4) is 5.75 Å². The summed E-state index contributed by atoms with van der Waals surface area (Å²) in [6, 6.07) is 15.2. The molecule has 1 aromatic heterocycles. The number of hydrogen-bond acceptors (Lipinski definition) is 4. The van der Waals surface area contributed by atoms with Crippen molar-refractivity contribution >= 4 is 34.8 Å². The Labute approximate surface area is 161 Å². The van der Waals surface area contributed by atoms with E-state index in [0.717, 1.165) is 0 Å². The summed E-state index contributed by atoms with van der Waals surface area (Å²) in [5.41, 5.74) is 1.66. The topological polar surface area (TPSA) is 80.3 Å². The van der Waals surface area contributed by atoms with Crippen LogP contribution in [0.2, 0.25) is 5.02 Å². The molecule has 0 fully saturated rings. The van der Waals surface area contributed by atoms with Gasteiger partial charge >= 0.3 is 0 Å². The Balaban J connectivity index is 1.83. The van der Waals surface area contributed by atoms with E-state index in [1.807, 2.05) is 6.07 Å². The maximum atomic E-state index is 12.3. The van der Waals surface area contributed by atoms with Crippen LogP contribution in [0, 0.1) is 0 Å². The van der Waals surface area contributed by atoms with Crippen molar-refractivity contribution in [1.82, 2.24) is 4.98 Å². The number of rotatable bonds is 5. The zero-order valence-electron chi connectivity index (χ0n) is 14.4. The monoisotopic (exact) mass is 381 g/mol. The molecule has 0 atom stereocenters. The van der Waals surface area contributed by atoms with E-state index in [2.05, 4.69) is 15.6 Å². The third kappa shape index (κ3) is 4.43. The number of nitrogens with zero attached hydrogens (tertiary/aromatic N) is 1. The summed E-state index contributed by atoms with van der Waals surface area (Å²) in [4.78, 5) is 28.6. The standard InChI is InChI=1S/C20H16ClN3O3/c1-27-18-11-16(23-19(25)13-6-3-2-4-7-13)15(21)10-17(18)24-20(26)14-8-5-9-22-12-14/h2-12H,1H3,(H,23,25)(H,24,26). The first kappa shape index (κ1) is 18.4. The fourth-order valence-electron chi connectivity index (χ4n) is 2.39. The number of hydrogen-bond donors (Lipinski definition) is 2. The lowest BCUT2D eigenvalue weighted by Crippen LogP contribution is -2.14. The fraction of sp³-hybridized carbons (Fsp3) is 0.0500. The lowest BCUT2D eigenvalue weighted by Gasteiger charge is -2.14. The average Bonchev–Trinajstić information content (AvgIpc) is 2.71. The van der Waals surface area contributed by atoms with Crippen LogP contribution in [0.4, 0.5) is 11.4 Å². The molecule has 6 nitrogen and oxygen atoms in total. The van der Waals surface area contributed by atoms with Gasteiger partial charge in [-0.25, -0.2) is 0 Å². The van der Waals surface area contributed by atoms with Crippen molar-refractivity contribution in [3.05, 3.63) is 83.1 Å². The average molecular weight is 382 g/mol. The molecule has 2 N–H and O–H groups in total. The van der Waals surface area contributed by atoms with E-state index in [9.17, 15) is 9.59 Å². The number of methoxy groups -OCH3 is 1. The molecule has 0 spiro atoms. The molecule has 3 aromatic rings. The van der Waals surface area contributed by atoms with Crippen molar-refractivity contribution < 1.29 is 14.3 Å². The molecule has 0 aliphatic heterocycles. The van der Waals surface area contributed by atoms with Gasteiger partial charge in [0.2, 0.25) is 0 Å². The van der Waals surface area contributed by atoms with Gasteiger partial charge in [0, 0.05) is 24.0 Å². The molecule has 0 aliphatic carbocycles. The number of nitrogens with one attached hydrogen (secondary N) is 2. The second-order valence-corrected chi connectivity index (χ2v) is 5.96. The van der Waals surface area contributed by atoms with E-state index < -0.39 is 0 Å². The predicted molar refractivity (Wildman–Crippen MR) is 105 cm³/mol. The predicted octanol–water partition coefficient (Wildman–Crippen LogP) is 4.25. The molecule has 0 unspecified atom stereocenters. The molecule has 1 heterocycles. The number of ether oxygens (including phenoxy) is 1. The van der Waals surface area contributed by atoms with E-state index in [-0.39, 0.29) is 16.8 Å². The zero-order chi connectivity index (χ0) is 19.2. The number of aromatic nitrogens is 1. The van der Waals surface area contributed by atoms with Gasteiger partial charge in [-0.05, 0) is 30.3 Å². The molecule has 0 saturated carbocycles. The number of anilines is 2. The third-order valence-electron chi connectivity index (χ3n) is 3.75. The van der Waals surface area contributed by atoms with Crippen LogP contribution in [-0.2, 0) is 0 Å². The van der Waals surface area contributed by atoms with Gasteiger partial charge in [0.1, 0.15) is 5.75 Å². The molecule has 2 amide bonds. The molecule has 27 heavy (non-hydrogen) atoms. The first-order valence-electron chi connectivity index (χ1n) is 8.04. The Morgan fingerprint density at radius 3 is 2.26 bits per heavy atom. The second-order valence-electron chi connectivity index (χ2n) is 5.55. The molecule has 0 aliphatic rings. The van der Waals surface area contributed by atoms with Gasteiger partial charge in [0.05, 0.1) is 29.1 Å². The van der Waals surface area contributed by atoms with E-state index in [1.165, 1.54) is 19.4 Å². The van der Waals surface area contributed by atoms with Gasteiger partial charge < -0.3 is 15.4 Å². The van der Waals surface area contributed by atoms with Crippen LogP contribution >= 0.6 is 11.6 Å². The van der Waals surface area contributed by atoms with Gasteiger partial charge in [0.25, 0.3) is 11.8 Å². The van der Waals surface area contributed by atoms with Crippen molar-refractivity contribution in [2.75, 3.05) is 17.7 Å². The molecular formula is C20H16ClN3O3. The first-order valence-corrected chi connectivity index (χ1v) is 8.41. The van der Waals surface area contributed by atoms with E-state index in [1.54, 1.807) is 48.7 Å². The molecule has 0 bridgehead atoms. The summed E-state index contributed by atoms with van der Waals surface area (Å²) in [5, 5.41) is 5.73. The Kier molecular flexibility index (Phi) is 5.68. The van der Waals surface area contributed by atoms with Crippen molar-refractivity contribution in [2.45, 2.75) is 0 Å². The fourth-order valence-corrected chi connectivity index (χ4v) is 2.60. The summed E-state index contributed by atoms with van der Waals surface area (Å²) in [7, 11) is 1.46. The Morgan fingerprint density at radius 2 is 1.59 bits per heavy atom. The minimum absolute atomic E-state index is 0.265. The molecule has 0 saturated heterocycles. The van der Waals surface area contributed by atoms with Gasteiger partial charge in [-0.2, -0.15) is 0 Å². The van der Waals surface area contributed by atoms with Gasteiger partial charge in [-0.15, -0.1) is 0 Å². The summed E-state index contributed by atoms with van der Waals surface area (Å²) in [5.74, 6) is -0.287. The van der Waals surface area contributed by atoms with E-state index in [4.69, 9.17) is 16.3 Å². The van der Waals surface area contributed by atoms with Crippen LogP contribution in [0.5, 0.6) is 5.75 Å². The zero-order valence-corrected chi connectivity index (χ0v) is 15.2. The summed E-state index contributed by atoms with van der Waals surface area (Å²) in [6.07, 6.45) is 3.04. The number of carbonyl (C=O) groups excluding carboxylic acids is 2. The summed E-state index contributed by atoms with van der Waals surface area (Å²) < 4.78 is 5.32. The molecule has 7 heteroatoms. The lowest BCUT2D eigenvalue weighted by atomic mass is 10.2. The first-order chi connectivity index (χ1) is 13.1. The van der Waals surface area contributed by atoms with Crippen LogP contribution < -0.4 is 15.4 Å². The highest BCUT2D eigenvalue weighted by Gasteiger charge is 2.15. The van der Waals surface area contributed by atoms with Crippen LogP contribution in [0.1, 0.15) is 20.7 Å². The van der Waals surface area contributed by atoms with E-state index >= 15 is 0 Å². The summed E-state index contributed by atoms with van der Waals surface area (Å²) in [6.45, 7) is 0. The highest BCUT2D eigenvalue weighted by atomic mass is 35.5. The quantitative estimate of drug-likeness (QED) is 0.692. The highest BCUT2D eigenvalue weighted by Crippen LogP contribution is 2.35. The SMILES string of the molecule is COc1cc(NC(=O)c2ccccc2)c(Cl)cc1NC(=O)c1cccnc1. The van der Waals surface area contributed by atoms with Gasteiger partial charge in [0.15, 0.2) is 0 Å². The Bertz CT molecular complexity index is 963. The number of benzene rings is 2. The van der Waals surface area contributed by atoms with Gasteiger partial charge in [-0.3, -0.25) is 14.6 Å². The Morgan fingerprint density at radius 1 is 0.926 bits per heavy atom. The number of pyridine rings is 1. The molecule has 3 rings (SSSR count). The number of amides is 2. The smallest absolute Gasteiger partial charge is 0.257 e. The Hall–Kier alpha value is -3.38. The van der Waals surface area contributed by atoms with Gasteiger partial charge in [-0.1, -0.05) is 29.8 Å². The van der Waals surface area contributed by atoms with Crippen LogP contribution in [0.3, 0.4) is 0 Å². The summed E-state index contributed by atoms with van der Waals surface area (Å²) >= 11 is 6.29. The molecular weight excluding hydrogens is 366 g/mol. The highest BCUT2D eigenvalue weighted by molar-refractivity contribution is 6.34. The molecule has 0 radical (unpaired) electrons. The second kappa shape index (κ2) is 8.33. The van der Waals surface area contributed by atoms with Crippen molar-refractivity contribution in [2.24, 2.45) is 0 Å². The maximum absolute atomic E-state index is 12.3. The molecule has 136 valence electrons. The minimum atomic E-state index is -0.349. The van der Waals surface area contributed by atoms with Crippen LogP contribution in [0.25, 0.3) is 0 Å². The lowest BCUT2D eigenvalue weighted by molar-refractivity contribution is 0.101. The van der Waals surface area contributed by atoms with Crippen molar-refractivity contribution in [1.29, 1.82) is 0 Å².